The summed E-state index contributed by atoms with van der Waals surface area (Å²) < 4.78 is 6.31. The van der Waals surface area contributed by atoms with Crippen molar-refractivity contribution in [3.8, 4) is 5.69 Å². The number of amides is 1. The number of esters is 1. The SMILES string of the molecule is CC(=O)c1ccc(NC(=O)COC(=O)c2nn(-c3ccccc3)c(=O)c3ccccc23)cc1. The van der Waals surface area contributed by atoms with Gasteiger partial charge in [-0.15, -0.1) is 0 Å². The number of ether oxygens (including phenoxy) is 1. The number of rotatable bonds is 6. The molecule has 164 valence electrons. The maximum absolute atomic E-state index is 12.9. The van der Waals surface area contributed by atoms with E-state index in [0.717, 1.165) is 4.68 Å². The molecular weight excluding hydrogens is 422 g/mol. The summed E-state index contributed by atoms with van der Waals surface area (Å²) in [4.78, 5) is 49.3. The van der Waals surface area contributed by atoms with E-state index in [9.17, 15) is 19.2 Å². The van der Waals surface area contributed by atoms with Gasteiger partial charge in [-0.3, -0.25) is 14.4 Å². The first-order chi connectivity index (χ1) is 15.9. The number of hydrogen-bond acceptors (Lipinski definition) is 6. The first-order valence-corrected chi connectivity index (χ1v) is 10.1. The van der Waals surface area contributed by atoms with Gasteiger partial charge in [0.15, 0.2) is 18.1 Å². The lowest BCUT2D eigenvalue weighted by molar-refractivity contribution is -0.119. The number of Topliss-reactive ketones (excluding diaryl/α,β-unsaturated/α-hetero) is 1. The molecule has 0 atom stereocenters. The fourth-order valence-corrected chi connectivity index (χ4v) is 3.27. The minimum Gasteiger partial charge on any atom is -0.451 e. The van der Waals surface area contributed by atoms with Crippen molar-refractivity contribution in [2.24, 2.45) is 0 Å². The summed E-state index contributed by atoms with van der Waals surface area (Å²) in [6.07, 6.45) is 0. The zero-order valence-electron chi connectivity index (χ0n) is 17.6. The van der Waals surface area contributed by atoms with E-state index in [2.05, 4.69) is 10.4 Å². The predicted octanol–water partition coefficient (Wildman–Crippen LogP) is 3.38. The van der Waals surface area contributed by atoms with Gasteiger partial charge in [0.25, 0.3) is 11.5 Å². The lowest BCUT2D eigenvalue weighted by Crippen LogP contribution is -2.26. The zero-order valence-corrected chi connectivity index (χ0v) is 17.6. The molecule has 8 heteroatoms. The number of aromatic nitrogens is 2. The second-order valence-electron chi connectivity index (χ2n) is 7.20. The Hall–Kier alpha value is -4.59. The Morgan fingerprint density at radius 3 is 2.18 bits per heavy atom. The van der Waals surface area contributed by atoms with E-state index >= 15 is 0 Å². The molecule has 0 spiro atoms. The van der Waals surface area contributed by atoms with Gasteiger partial charge in [0.1, 0.15) is 0 Å². The Bertz CT molecular complexity index is 1410. The molecule has 1 N–H and O–H groups in total. The molecule has 4 aromatic rings. The highest BCUT2D eigenvalue weighted by Gasteiger charge is 2.19. The van der Waals surface area contributed by atoms with Crippen molar-refractivity contribution in [3.05, 3.63) is 100 Å². The molecule has 0 aliphatic rings. The van der Waals surface area contributed by atoms with E-state index in [0.29, 0.717) is 27.7 Å². The molecule has 1 aromatic heterocycles. The number of fused-ring (bicyclic) bond motifs is 1. The van der Waals surface area contributed by atoms with Gasteiger partial charge in [0.05, 0.1) is 11.1 Å². The number of para-hydroxylation sites is 1. The molecule has 3 aromatic carbocycles. The van der Waals surface area contributed by atoms with Crippen LogP contribution >= 0.6 is 0 Å². The third-order valence-electron chi connectivity index (χ3n) is 4.91. The second kappa shape index (κ2) is 9.27. The standard InChI is InChI=1S/C25H19N3O5/c1-16(29)17-11-13-18(14-12-17)26-22(30)15-33-25(32)23-20-9-5-6-10-21(20)24(31)28(27-23)19-7-3-2-4-8-19/h2-14H,15H2,1H3,(H,26,30). The monoisotopic (exact) mass is 441 g/mol. The second-order valence-corrected chi connectivity index (χ2v) is 7.20. The van der Waals surface area contributed by atoms with Crippen molar-refractivity contribution in [1.29, 1.82) is 0 Å². The molecule has 0 aliphatic heterocycles. The molecule has 0 radical (unpaired) electrons. The number of hydrogen-bond donors (Lipinski definition) is 1. The van der Waals surface area contributed by atoms with E-state index in [1.807, 2.05) is 0 Å². The highest BCUT2D eigenvalue weighted by Crippen LogP contribution is 2.16. The number of ketones is 1. The van der Waals surface area contributed by atoms with Gasteiger partial charge in [-0.1, -0.05) is 36.4 Å². The Labute approximate surface area is 188 Å². The highest BCUT2D eigenvalue weighted by atomic mass is 16.5. The summed E-state index contributed by atoms with van der Waals surface area (Å²) in [6.45, 7) is 0.902. The molecular formula is C25H19N3O5. The maximum atomic E-state index is 12.9. The van der Waals surface area contributed by atoms with Crippen LogP contribution in [-0.4, -0.2) is 34.0 Å². The van der Waals surface area contributed by atoms with E-state index < -0.39 is 18.5 Å². The molecule has 0 saturated carbocycles. The van der Waals surface area contributed by atoms with Crippen molar-refractivity contribution in [2.45, 2.75) is 6.92 Å². The first kappa shape index (κ1) is 21.6. The minimum atomic E-state index is -0.835. The van der Waals surface area contributed by atoms with Crippen LogP contribution in [0.2, 0.25) is 0 Å². The van der Waals surface area contributed by atoms with Crippen molar-refractivity contribution in [3.63, 3.8) is 0 Å². The predicted molar refractivity (Wildman–Crippen MR) is 123 cm³/mol. The average molecular weight is 441 g/mol. The number of benzene rings is 3. The average Bonchev–Trinajstić information content (AvgIpc) is 2.84. The number of nitrogens with one attached hydrogen (secondary N) is 1. The lowest BCUT2D eigenvalue weighted by atomic mass is 10.1. The summed E-state index contributed by atoms with van der Waals surface area (Å²) in [5, 5.41) is 7.46. The van der Waals surface area contributed by atoms with E-state index in [1.165, 1.54) is 6.92 Å². The Morgan fingerprint density at radius 2 is 1.52 bits per heavy atom. The third-order valence-corrected chi connectivity index (χ3v) is 4.91. The van der Waals surface area contributed by atoms with E-state index in [4.69, 9.17) is 4.74 Å². The maximum Gasteiger partial charge on any atom is 0.359 e. The van der Waals surface area contributed by atoms with Crippen molar-refractivity contribution in [1.82, 2.24) is 9.78 Å². The molecule has 1 heterocycles. The topological polar surface area (TPSA) is 107 Å². The highest BCUT2D eigenvalue weighted by molar-refractivity contribution is 6.03. The number of nitrogens with zero attached hydrogens (tertiary/aromatic N) is 2. The molecule has 0 bridgehead atoms. The Kier molecular flexibility index (Phi) is 6.08. The van der Waals surface area contributed by atoms with Crippen LogP contribution in [0.15, 0.2) is 83.7 Å². The van der Waals surface area contributed by atoms with Gasteiger partial charge in [-0.25, -0.2) is 4.79 Å². The first-order valence-electron chi connectivity index (χ1n) is 10.1. The smallest absolute Gasteiger partial charge is 0.359 e. The largest absolute Gasteiger partial charge is 0.451 e. The van der Waals surface area contributed by atoms with Gasteiger partial charge < -0.3 is 10.1 Å². The summed E-state index contributed by atoms with van der Waals surface area (Å²) in [7, 11) is 0. The fourth-order valence-electron chi connectivity index (χ4n) is 3.27. The van der Waals surface area contributed by atoms with Crippen LogP contribution < -0.4 is 10.9 Å². The van der Waals surface area contributed by atoms with Gasteiger partial charge in [0, 0.05) is 16.6 Å². The summed E-state index contributed by atoms with van der Waals surface area (Å²) in [6, 6.07) is 21.6. The molecule has 1 amide bonds. The minimum absolute atomic E-state index is 0.0762. The summed E-state index contributed by atoms with van der Waals surface area (Å²) >= 11 is 0. The third kappa shape index (κ3) is 4.69. The fraction of sp³-hybridized carbons (Fsp3) is 0.0800. The van der Waals surface area contributed by atoms with E-state index in [1.54, 1.807) is 78.9 Å². The normalized spacial score (nSPS) is 10.6. The molecule has 33 heavy (non-hydrogen) atoms. The van der Waals surface area contributed by atoms with Crippen LogP contribution in [-0.2, 0) is 9.53 Å². The van der Waals surface area contributed by atoms with Gasteiger partial charge in [0.2, 0.25) is 0 Å². The number of carbonyl (C=O) groups excluding carboxylic acids is 3. The lowest BCUT2D eigenvalue weighted by Gasteiger charge is -2.11. The zero-order chi connectivity index (χ0) is 23.4. The number of carbonyl (C=O) groups is 3. The summed E-state index contributed by atoms with van der Waals surface area (Å²) in [5.41, 5.74) is 1.02. The van der Waals surface area contributed by atoms with Crippen LogP contribution in [0, 0.1) is 0 Å². The van der Waals surface area contributed by atoms with Gasteiger partial charge in [-0.2, -0.15) is 9.78 Å². The molecule has 4 rings (SSSR count). The molecule has 0 saturated heterocycles. The quantitative estimate of drug-likeness (QED) is 0.363. The van der Waals surface area contributed by atoms with Gasteiger partial charge >= 0.3 is 5.97 Å². The molecule has 0 unspecified atom stereocenters. The number of anilines is 1. The van der Waals surface area contributed by atoms with Crippen molar-refractivity contribution >= 4 is 34.1 Å². The van der Waals surface area contributed by atoms with Gasteiger partial charge in [-0.05, 0) is 49.4 Å². The Balaban J connectivity index is 1.55. The van der Waals surface area contributed by atoms with E-state index in [-0.39, 0.29) is 17.0 Å². The van der Waals surface area contributed by atoms with Crippen molar-refractivity contribution < 1.29 is 19.1 Å². The molecule has 0 fully saturated rings. The molecule has 8 nitrogen and oxygen atoms in total. The van der Waals surface area contributed by atoms with Crippen LogP contribution in [0.3, 0.4) is 0 Å². The van der Waals surface area contributed by atoms with Crippen LogP contribution in [0.25, 0.3) is 16.5 Å². The van der Waals surface area contributed by atoms with Crippen LogP contribution in [0.1, 0.15) is 27.8 Å². The van der Waals surface area contributed by atoms with Crippen LogP contribution in [0.5, 0.6) is 0 Å². The van der Waals surface area contributed by atoms with Crippen molar-refractivity contribution in [2.75, 3.05) is 11.9 Å². The molecule has 0 aliphatic carbocycles. The summed E-state index contributed by atoms with van der Waals surface area (Å²) in [5.74, 6) is -1.48. The van der Waals surface area contributed by atoms with Crippen LogP contribution in [0.4, 0.5) is 5.69 Å². The Morgan fingerprint density at radius 1 is 0.879 bits per heavy atom.